The number of hydrogen-bond donors (Lipinski definition) is 1. The van der Waals surface area contributed by atoms with Crippen molar-refractivity contribution in [2.75, 3.05) is 13.1 Å². The fraction of sp³-hybridized carbons (Fsp3) is 0.333. The fourth-order valence-electron chi connectivity index (χ4n) is 0.804. The van der Waals surface area contributed by atoms with Crippen molar-refractivity contribution in [3.8, 4) is 0 Å². The van der Waals surface area contributed by atoms with Crippen LogP contribution in [0.1, 0.15) is 10.4 Å². The Hall–Kier alpha value is -1.32. The molecule has 2 heterocycles. The summed E-state index contributed by atoms with van der Waals surface area (Å²) in [6, 6.07) is 0. The number of nitrogens with zero attached hydrogens (tertiary/aromatic N) is 2. The normalized spacial score (nSPS) is 15.4. The molecular weight excluding hydrogens is 130 g/mol. The lowest BCUT2D eigenvalue weighted by Crippen LogP contribution is -2.08. The van der Waals surface area contributed by atoms with Gasteiger partial charge in [-0.25, -0.2) is 0 Å². The van der Waals surface area contributed by atoms with Gasteiger partial charge in [-0.2, -0.15) is 5.10 Å². The van der Waals surface area contributed by atoms with E-state index in [1.54, 1.807) is 17.3 Å². The molecule has 0 spiro atoms. The van der Waals surface area contributed by atoms with Gasteiger partial charge >= 0.3 is 0 Å². The van der Waals surface area contributed by atoms with Crippen LogP contribution in [0.25, 0.3) is 0 Å². The molecule has 4 heteroatoms. The molecule has 2 rings (SSSR count). The van der Waals surface area contributed by atoms with E-state index in [4.69, 9.17) is 0 Å². The molecule has 0 aliphatic carbocycles. The summed E-state index contributed by atoms with van der Waals surface area (Å²) >= 11 is 0. The lowest BCUT2D eigenvalue weighted by Gasteiger charge is -1.93. The molecule has 0 bridgehead atoms. The van der Waals surface area contributed by atoms with Gasteiger partial charge < -0.3 is 4.90 Å². The molecule has 1 aromatic rings. The highest BCUT2D eigenvalue weighted by Gasteiger charge is 2.25. The number of rotatable bonds is 1. The minimum Gasteiger partial charge on any atom is -0.335 e. The first kappa shape index (κ1) is 5.46. The quantitative estimate of drug-likeness (QED) is 0.548. The van der Waals surface area contributed by atoms with Crippen molar-refractivity contribution in [1.82, 2.24) is 15.1 Å². The first-order valence-electron chi connectivity index (χ1n) is 3.16. The summed E-state index contributed by atoms with van der Waals surface area (Å²) in [4.78, 5) is 12.9. The van der Waals surface area contributed by atoms with E-state index < -0.39 is 0 Å². The van der Waals surface area contributed by atoms with E-state index in [0.29, 0.717) is 5.56 Å². The zero-order chi connectivity index (χ0) is 6.97. The third kappa shape index (κ3) is 0.775. The monoisotopic (exact) mass is 137 g/mol. The maximum Gasteiger partial charge on any atom is 0.257 e. The maximum absolute atomic E-state index is 11.1. The Morgan fingerprint density at radius 2 is 2.50 bits per heavy atom. The number of nitrogens with one attached hydrogen (secondary N) is 1. The first-order chi connectivity index (χ1) is 4.88. The highest BCUT2D eigenvalue weighted by atomic mass is 16.2. The van der Waals surface area contributed by atoms with Gasteiger partial charge in [0.1, 0.15) is 0 Å². The molecule has 0 radical (unpaired) electrons. The molecule has 0 aromatic carbocycles. The van der Waals surface area contributed by atoms with Gasteiger partial charge in [0.25, 0.3) is 5.91 Å². The summed E-state index contributed by atoms with van der Waals surface area (Å²) in [5, 5.41) is 6.28. The minimum atomic E-state index is 0.0775. The van der Waals surface area contributed by atoms with Crippen molar-refractivity contribution in [3.05, 3.63) is 18.0 Å². The van der Waals surface area contributed by atoms with E-state index in [0.717, 1.165) is 13.1 Å². The summed E-state index contributed by atoms with van der Waals surface area (Å²) in [6.07, 6.45) is 3.15. The van der Waals surface area contributed by atoms with E-state index in [9.17, 15) is 4.79 Å². The van der Waals surface area contributed by atoms with E-state index in [1.165, 1.54) is 0 Å². The van der Waals surface area contributed by atoms with Crippen LogP contribution < -0.4 is 0 Å². The van der Waals surface area contributed by atoms with E-state index in [2.05, 4.69) is 10.2 Å². The average Bonchev–Trinajstić information content (AvgIpc) is 2.65. The van der Waals surface area contributed by atoms with E-state index >= 15 is 0 Å². The molecule has 0 atom stereocenters. The van der Waals surface area contributed by atoms with Gasteiger partial charge in [0.15, 0.2) is 0 Å². The molecule has 52 valence electrons. The number of carbonyl (C=O) groups excluding carboxylic acids is 1. The Kier molecular flexibility index (Phi) is 1.00. The van der Waals surface area contributed by atoms with E-state index in [1.807, 2.05) is 0 Å². The third-order valence-electron chi connectivity index (χ3n) is 1.48. The van der Waals surface area contributed by atoms with Crippen LogP contribution in [0, 0.1) is 0 Å². The molecule has 4 nitrogen and oxygen atoms in total. The summed E-state index contributed by atoms with van der Waals surface area (Å²) in [7, 11) is 0. The average molecular weight is 137 g/mol. The van der Waals surface area contributed by atoms with Crippen molar-refractivity contribution in [3.63, 3.8) is 0 Å². The van der Waals surface area contributed by atoms with Crippen molar-refractivity contribution in [2.24, 2.45) is 0 Å². The van der Waals surface area contributed by atoms with Crippen LogP contribution in [0.2, 0.25) is 0 Å². The number of H-pyrrole nitrogens is 1. The molecule has 1 N–H and O–H groups in total. The zero-order valence-corrected chi connectivity index (χ0v) is 5.37. The second kappa shape index (κ2) is 1.83. The molecule has 0 saturated carbocycles. The second-order valence-corrected chi connectivity index (χ2v) is 2.28. The lowest BCUT2D eigenvalue weighted by molar-refractivity contribution is 0.0885. The predicted molar refractivity (Wildman–Crippen MR) is 34.5 cm³/mol. The van der Waals surface area contributed by atoms with Crippen LogP contribution in [-0.2, 0) is 0 Å². The van der Waals surface area contributed by atoms with Gasteiger partial charge in [-0.15, -0.1) is 0 Å². The van der Waals surface area contributed by atoms with Gasteiger partial charge in [0.2, 0.25) is 0 Å². The third-order valence-corrected chi connectivity index (χ3v) is 1.48. The van der Waals surface area contributed by atoms with Crippen LogP contribution in [0.5, 0.6) is 0 Å². The zero-order valence-electron chi connectivity index (χ0n) is 5.37. The molecule has 0 unspecified atom stereocenters. The highest BCUT2D eigenvalue weighted by molar-refractivity contribution is 5.94. The number of amides is 1. The number of hydrogen-bond acceptors (Lipinski definition) is 2. The van der Waals surface area contributed by atoms with Crippen LogP contribution in [0.3, 0.4) is 0 Å². The van der Waals surface area contributed by atoms with Crippen LogP contribution in [-0.4, -0.2) is 34.1 Å². The molecular formula is C6H7N3O. The first-order valence-corrected chi connectivity index (χ1v) is 3.16. The summed E-state index contributed by atoms with van der Waals surface area (Å²) in [5.74, 6) is 0.0775. The lowest BCUT2D eigenvalue weighted by atomic mass is 10.3. The van der Waals surface area contributed by atoms with Crippen molar-refractivity contribution < 1.29 is 4.79 Å². The SMILES string of the molecule is O=C(c1cn[nH]c1)N1CC1. The fourth-order valence-corrected chi connectivity index (χ4v) is 0.804. The van der Waals surface area contributed by atoms with E-state index in [-0.39, 0.29) is 5.91 Å². The molecule has 1 amide bonds. The molecule has 10 heavy (non-hydrogen) atoms. The maximum atomic E-state index is 11.1. The Morgan fingerprint density at radius 1 is 1.70 bits per heavy atom. The van der Waals surface area contributed by atoms with Gasteiger partial charge in [0.05, 0.1) is 11.8 Å². The van der Waals surface area contributed by atoms with Crippen LogP contribution in [0.15, 0.2) is 12.4 Å². The molecule has 1 aliphatic rings. The van der Waals surface area contributed by atoms with Crippen molar-refractivity contribution in [1.29, 1.82) is 0 Å². The topological polar surface area (TPSA) is 48.8 Å². The Labute approximate surface area is 57.8 Å². The van der Waals surface area contributed by atoms with Crippen LogP contribution >= 0.6 is 0 Å². The second-order valence-electron chi connectivity index (χ2n) is 2.28. The molecule has 1 aliphatic heterocycles. The smallest absolute Gasteiger partial charge is 0.257 e. The van der Waals surface area contributed by atoms with Gasteiger partial charge in [0, 0.05) is 19.3 Å². The van der Waals surface area contributed by atoms with Crippen LogP contribution in [0.4, 0.5) is 0 Å². The van der Waals surface area contributed by atoms with Gasteiger partial charge in [-0.1, -0.05) is 0 Å². The number of aromatic amines is 1. The largest absolute Gasteiger partial charge is 0.335 e. The predicted octanol–water partition coefficient (Wildman–Crippen LogP) is -0.135. The van der Waals surface area contributed by atoms with Gasteiger partial charge in [-0.3, -0.25) is 9.89 Å². The van der Waals surface area contributed by atoms with Crippen molar-refractivity contribution in [2.45, 2.75) is 0 Å². The standard InChI is InChI=1S/C6H7N3O/c10-6(9-1-2-9)5-3-7-8-4-5/h3-4H,1-2H2,(H,7,8). The van der Waals surface area contributed by atoms with Gasteiger partial charge in [-0.05, 0) is 0 Å². The number of carbonyl (C=O) groups is 1. The molecule has 1 saturated heterocycles. The summed E-state index contributed by atoms with van der Waals surface area (Å²) in [5.41, 5.74) is 0.650. The summed E-state index contributed by atoms with van der Waals surface area (Å²) < 4.78 is 0. The van der Waals surface area contributed by atoms with Crippen molar-refractivity contribution >= 4 is 5.91 Å². The Balaban J connectivity index is 2.19. The Morgan fingerprint density at radius 3 is 3.00 bits per heavy atom. The molecule has 1 fully saturated rings. The minimum absolute atomic E-state index is 0.0775. The Bertz CT molecular complexity index is 238. The highest BCUT2D eigenvalue weighted by Crippen LogP contribution is 2.09. The number of aromatic nitrogens is 2. The summed E-state index contributed by atoms with van der Waals surface area (Å²) in [6.45, 7) is 1.79. The molecule has 1 aromatic heterocycles.